The lowest BCUT2D eigenvalue weighted by Crippen LogP contribution is -2.26. The number of nitrogens with zero attached hydrogens (tertiary/aromatic N) is 1. The highest BCUT2D eigenvalue weighted by molar-refractivity contribution is 5.94. The van der Waals surface area contributed by atoms with Crippen molar-refractivity contribution in [3.63, 3.8) is 0 Å². The Morgan fingerprint density at radius 3 is 2.32 bits per heavy atom. The summed E-state index contributed by atoms with van der Waals surface area (Å²) in [5.41, 5.74) is 3.66. The summed E-state index contributed by atoms with van der Waals surface area (Å²) in [6, 6.07) is 16.5. The molecule has 1 aromatic heterocycles. The molecule has 0 aliphatic carbocycles. The quantitative estimate of drug-likeness (QED) is 0.698. The Balaban J connectivity index is 2.18. The molecule has 0 spiro atoms. The van der Waals surface area contributed by atoms with Crippen LogP contribution in [0.3, 0.4) is 0 Å². The van der Waals surface area contributed by atoms with Crippen molar-refractivity contribution in [2.24, 2.45) is 0 Å². The second-order valence-electron chi connectivity index (χ2n) is 6.45. The molecule has 0 fully saturated rings. The van der Waals surface area contributed by atoms with Gasteiger partial charge in [-0.3, -0.25) is 0 Å². The van der Waals surface area contributed by atoms with Crippen molar-refractivity contribution in [3.8, 4) is 11.3 Å². The Hall–Kier alpha value is -2.42. The van der Waals surface area contributed by atoms with Gasteiger partial charge in [-0.2, -0.15) is 0 Å². The van der Waals surface area contributed by atoms with E-state index in [0.29, 0.717) is 0 Å². The molecular formula is C19H19FN2. The molecule has 2 aromatic carbocycles. The molecule has 0 unspecified atom stereocenters. The van der Waals surface area contributed by atoms with Gasteiger partial charge in [0.25, 0.3) is 0 Å². The van der Waals surface area contributed by atoms with Gasteiger partial charge < -0.3 is 5.32 Å². The van der Waals surface area contributed by atoms with Crippen LogP contribution in [0, 0.1) is 5.82 Å². The molecule has 0 atom stereocenters. The molecule has 0 radical (unpaired) electrons. The van der Waals surface area contributed by atoms with Crippen molar-refractivity contribution in [1.82, 2.24) is 4.98 Å². The fraction of sp³-hybridized carbons (Fsp3) is 0.211. The zero-order valence-electron chi connectivity index (χ0n) is 13.0. The van der Waals surface area contributed by atoms with E-state index in [0.717, 1.165) is 27.8 Å². The van der Waals surface area contributed by atoms with E-state index in [1.54, 1.807) is 12.1 Å². The van der Waals surface area contributed by atoms with Crippen LogP contribution in [0.5, 0.6) is 0 Å². The largest absolute Gasteiger partial charge is 0.380 e. The molecule has 1 N–H and O–H groups in total. The van der Waals surface area contributed by atoms with Crippen LogP contribution in [0.4, 0.5) is 10.1 Å². The number of rotatable bonds is 2. The molecule has 0 saturated heterocycles. The Kier molecular flexibility index (Phi) is 3.57. The van der Waals surface area contributed by atoms with Crippen LogP contribution in [-0.4, -0.2) is 10.5 Å². The Bertz CT molecular complexity index is 802. The number of halogens is 1. The number of hydrogen-bond donors (Lipinski definition) is 1. The number of pyridine rings is 1. The molecular weight excluding hydrogens is 275 g/mol. The molecule has 0 saturated carbocycles. The summed E-state index contributed by atoms with van der Waals surface area (Å²) in [6.45, 7) is 6.37. The summed E-state index contributed by atoms with van der Waals surface area (Å²) in [4.78, 5) is 4.70. The number of para-hydroxylation sites is 1. The minimum absolute atomic E-state index is 0.0514. The first-order chi connectivity index (χ1) is 10.4. The van der Waals surface area contributed by atoms with E-state index >= 15 is 0 Å². The predicted octanol–water partition coefficient (Wildman–Crippen LogP) is 5.25. The van der Waals surface area contributed by atoms with Gasteiger partial charge in [0.05, 0.1) is 11.2 Å². The van der Waals surface area contributed by atoms with E-state index in [-0.39, 0.29) is 11.4 Å². The molecule has 22 heavy (non-hydrogen) atoms. The summed E-state index contributed by atoms with van der Waals surface area (Å²) in [7, 11) is 0. The van der Waals surface area contributed by atoms with Crippen LogP contribution in [-0.2, 0) is 0 Å². The van der Waals surface area contributed by atoms with E-state index in [9.17, 15) is 4.39 Å². The fourth-order valence-corrected chi connectivity index (χ4v) is 2.45. The molecule has 2 nitrogen and oxygen atoms in total. The Morgan fingerprint density at radius 2 is 1.64 bits per heavy atom. The third kappa shape index (κ3) is 3.08. The second kappa shape index (κ2) is 5.41. The SMILES string of the molecule is CC(C)(C)Nc1cc(-c2ccc(F)cc2)nc2ccccc12. The first-order valence-electron chi connectivity index (χ1n) is 7.36. The summed E-state index contributed by atoms with van der Waals surface area (Å²) in [6.07, 6.45) is 0. The normalized spacial score (nSPS) is 11.6. The average molecular weight is 294 g/mol. The summed E-state index contributed by atoms with van der Waals surface area (Å²) in [5, 5.41) is 4.62. The van der Waals surface area contributed by atoms with Crippen LogP contribution in [0.25, 0.3) is 22.2 Å². The highest BCUT2D eigenvalue weighted by atomic mass is 19.1. The number of aromatic nitrogens is 1. The minimum atomic E-state index is -0.238. The van der Waals surface area contributed by atoms with E-state index in [2.05, 4.69) is 32.2 Å². The molecule has 3 heteroatoms. The lowest BCUT2D eigenvalue weighted by atomic mass is 10.0. The molecule has 3 rings (SSSR count). The molecule has 3 aromatic rings. The number of nitrogens with one attached hydrogen (secondary N) is 1. The Labute approximate surface area is 130 Å². The summed E-state index contributed by atoms with van der Waals surface area (Å²) >= 11 is 0. The standard InChI is InChI=1S/C19H19FN2/c1-19(2,3)22-18-12-17(13-8-10-14(20)11-9-13)21-16-7-5-4-6-15(16)18/h4-12H,1-3H3,(H,21,22). The number of anilines is 1. The first-order valence-corrected chi connectivity index (χ1v) is 7.36. The maximum absolute atomic E-state index is 13.1. The average Bonchev–Trinajstić information content (AvgIpc) is 2.46. The van der Waals surface area contributed by atoms with Crippen molar-refractivity contribution < 1.29 is 4.39 Å². The van der Waals surface area contributed by atoms with Crippen molar-refractivity contribution in [1.29, 1.82) is 0 Å². The third-order valence-corrected chi connectivity index (χ3v) is 3.37. The van der Waals surface area contributed by atoms with Gasteiger partial charge in [0, 0.05) is 22.2 Å². The number of benzene rings is 2. The van der Waals surface area contributed by atoms with Crippen LogP contribution < -0.4 is 5.32 Å². The van der Waals surface area contributed by atoms with Gasteiger partial charge in [-0.15, -0.1) is 0 Å². The zero-order valence-corrected chi connectivity index (χ0v) is 13.0. The fourth-order valence-electron chi connectivity index (χ4n) is 2.45. The lowest BCUT2D eigenvalue weighted by molar-refractivity contribution is 0.628. The second-order valence-corrected chi connectivity index (χ2v) is 6.45. The topological polar surface area (TPSA) is 24.9 Å². The van der Waals surface area contributed by atoms with Crippen LogP contribution >= 0.6 is 0 Å². The van der Waals surface area contributed by atoms with Crippen LogP contribution in [0.15, 0.2) is 54.6 Å². The molecule has 112 valence electrons. The molecule has 1 heterocycles. The van der Waals surface area contributed by atoms with Gasteiger partial charge in [-0.1, -0.05) is 18.2 Å². The summed E-state index contributed by atoms with van der Waals surface area (Å²) in [5.74, 6) is -0.238. The van der Waals surface area contributed by atoms with E-state index in [1.807, 2.05) is 24.3 Å². The predicted molar refractivity (Wildman–Crippen MR) is 90.5 cm³/mol. The van der Waals surface area contributed by atoms with Gasteiger partial charge in [0.15, 0.2) is 0 Å². The summed E-state index contributed by atoms with van der Waals surface area (Å²) < 4.78 is 13.1. The van der Waals surface area contributed by atoms with Gasteiger partial charge >= 0.3 is 0 Å². The van der Waals surface area contributed by atoms with Crippen LogP contribution in [0.2, 0.25) is 0 Å². The highest BCUT2D eigenvalue weighted by Crippen LogP contribution is 2.30. The van der Waals surface area contributed by atoms with E-state index in [1.165, 1.54) is 12.1 Å². The van der Waals surface area contributed by atoms with E-state index < -0.39 is 0 Å². The lowest BCUT2D eigenvalue weighted by Gasteiger charge is -2.23. The minimum Gasteiger partial charge on any atom is -0.380 e. The molecule has 0 aliphatic rings. The molecule has 0 aliphatic heterocycles. The van der Waals surface area contributed by atoms with Gasteiger partial charge in [-0.05, 0) is 57.2 Å². The van der Waals surface area contributed by atoms with Crippen LogP contribution in [0.1, 0.15) is 20.8 Å². The molecule has 0 amide bonds. The van der Waals surface area contributed by atoms with Gasteiger partial charge in [0.2, 0.25) is 0 Å². The third-order valence-electron chi connectivity index (χ3n) is 3.37. The zero-order chi connectivity index (χ0) is 15.7. The monoisotopic (exact) mass is 294 g/mol. The highest BCUT2D eigenvalue weighted by Gasteiger charge is 2.13. The number of hydrogen-bond acceptors (Lipinski definition) is 2. The van der Waals surface area contributed by atoms with Crippen molar-refractivity contribution in [2.45, 2.75) is 26.3 Å². The van der Waals surface area contributed by atoms with Gasteiger partial charge in [-0.25, -0.2) is 9.37 Å². The van der Waals surface area contributed by atoms with Crippen molar-refractivity contribution in [2.75, 3.05) is 5.32 Å². The van der Waals surface area contributed by atoms with Crippen molar-refractivity contribution in [3.05, 3.63) is 60.4 Å². The van der Waals surface area contributed by atoms with Gasteiger partial charge in [0.1, 0.15) is 5.82 Å². The molecule has 0 bridgehead atoms. The van der Waals surface area contributed by atoms with Crippen molar-refractivity contribution >= 4 is 16.6 Å². The smallest absolute Gasteiger partial charge is 0.123 e. The van der Waals surface area contributed by atoms with E-state index in [4.69, 9.17) is 4.98 Å². The first kappa shape index (κ1) is 14.5. The number of fused-ring (bicyclic) bond motifs is 1. The Morgan fingerprint density at radius 1 is 0.955 bits per heavy atom. The maximum atomic E-state index is 13.1. The maximum Gasteiger partial charge on any atom is 0.123 e.